The first-order chi connectivity index (χ1) is 19.5. The maximum absolute atomic E-state index is 12.9. The number of aliphatic hydroxyl groups excluding tert-OH is 3. The normalized spacial score (nSPS) is 51.9. The lowest BCUT2D eigenvalue weighted by Gasteiger charge is -2.71. The van der Waals surface area contributed by atoms with Gasteiger partial charge in [0.05, 0.1) is 18.1 Å². The summed E-state index contributed by atoms with van der Waals surface area (Å²) in [7, 11) is 0. The van der Waals surface area contributed by atoms with E-state index in [4.69, 9.17) is 9.47 Å². The first-order valence-electron chi connectivity index (χ1n) is 16.5. The fraction of sp³-hybridized carbons (Fsp3) is 0.857. The number of ether oxygens (including phenoxy) is 2. The van der Waals surface area contributed by atoms with Gasteiger partial charge in [-0.2, -0.15) is 0 Å². The van der Waals surface area contributed by atoms with E-state index in [9.17, 15) is 25.2 Å². The Kier molecular flexibility index (Phi) is 7.23. The molecule has 0 radical (unpaired) electrons. The zero-order valence-electron chi connectivity index (χ0n) is 26.8. The number of carbonyl (C=O) groups is 1. The van der Waals surface area contributed by atoms with Crippen molar-refractivity contribution in [2.45, 2.75) is 137 Å². The van der Waals surface area contributed by atoms with Crippen LogP contribution in [-0.4, -0.2) is 63.7 Å². The van der Waals surface area contributed by atoms with Gasteiger partial charge in [-0.3, -0.25) is 4.79 Å². The molecule has 5 aliphatic carbocycles. The third-order valence-electron chi connectivity index (χ3n) is 14.6. The molecule has 4 N–H and O–H groups in total. The highest BCUT2D eigenvalue weighted by Crippen LogP contribution is 2.75. The zero-order chi connectivity index (χ0) is 30.6. The second-order valence-electron chi connectivity index (χ2n) is 16.4. The molecule has 0 aromatic heterocycles. The van der Waals surface area contributed by atoms with E-state index in [1.54, 1.807) is 0 Å². The van der Waals surface area contributed by atoms with Crippen molar-refractivity contribution in [2.75, 3.05) is 6.61 Å². The van der Waals surface area contributed by atoms with Gasteiger partial charge in [0.2, 0.25) is 0 Å². The van der Waals surface area contributed by atoms with E-state index in [0.717, 1.165) is 57.8 Å². The van der Waals surface area contributed by atoms with Gasteiger partial charge in [0.1, 0.15) is 18.3 Å². The fourth-order valence-corrected chi connectivity index (χ4v) is 11.7. The molecule has 6 aliphatic rings. The SMILES string of the molecule is CC1=C(C)[C@H]2C3=CC[C@@H]4[C@@]5(C)CC[C@H](O[C@@H]6OC[C@H](O)[C@H](O)[C@H]6O)C(C)(C)C5CC[C@@]4(C)[C@]3(C)CC[C@@]2(C(=O)O)CC1. The molecule has 4 fully saturated rings. The van der Waals surface area contributed by atoms with Crippen LogP contribution >= 0.6 is 0 Å². The molecule has 0 bridgehead atoms. The summed E-state index contributed by atoms with van der Waals surface area (Å²) in [6.07, 6.45) is 6.10. The number of carboxylic acids is 1. The Morgan fingerprint density at radius 3 is 2.33 bits per heavy atom. The lowest BCUT2D eigenvalue weighted by molar-refractivity contribution is -0.308. The van der Waals surface area contributed by atoms with Gasteiger partial charge in [-0.25, -0.2) is 0 Å². The van der Waals surface area contributed by atoms with Crippen LogP contribution in [-0.2, 0) is 14.3 Å². The highest BCUT2D eigenvalue weighted by Gasteiger charge is 2.69. The molecule has 0 aromatic carbocycles. The maximum Gasteiger partial charge on any atom is 0.310 e. The van der Waals surface area contributed by atoms with E-state index < -0.39 is 36.0 Å². The molecule has 0 amide bonds. The van der Waals surface area contributed by atoms with Crippen LogP contribution in [0.25, 0.3) is 0 Å². The summed E-state index contributed by atoms with van der Waals surface area (Å²) in [5, 5.41) is 41.3. The Labute approximate surface area is 251 Å². The molecule has 0 spiro atoms. The lowest BCUT2D eigenvalue weighted by atomic mass is 9.34. The van der Waals surface area contributed by atoms with E-state index >= 15 is 0 Å². The average molecular weight is 587 g/mol. The Bertz CT molecular complexity index is 1190. The van der Waals surface area contributed by atoms with Crippen molar-refractivity contribution in [2.24, 2.45) is 44.8 Å². The van der Waals surface area contributed by atoms with Crippen LogP contribution < -0.4 is 0 Å². The van der Waals surface area contributed by atoms with Crippen molar-refractivity contribution in [3.8, 4) is 0 Å². The summed E-state index contributed by atoms with van der Waals surface area (Å²) in [6.45, 7) is 16.5. The van der Waals surface area contributed by atoms with E-state index in [-0.39, 0.29) is 40.3 Å². The topological polar surface area (TPSA) is 116 Å². The Morgan fingerprint density at radius 1 is 0.929 bits per heavy atom. The molecule has 42 heavy (non-hydrogen) atoms. The van der Waals surface area contributed by atoms with Crippen molar-refractivity contribution in [1.29, 1.82) is 0 Å². The second-order valence-corrected chi connectivity index (χ2v) is 16.4. The molecule has 3 saturated carbocycles. The van der Waals surface area contributed by atoms with E-state index in [2.05, 4.69) is 54.5 Å². The highest BCUT2D eigenvalue weighted by atomic mass is 16.7. The number of allylic oxidation sites excluding steroid dienone is 4. The molecule has 1 aliphatic heterocycles. The van der Waals surface area contributed by atoms with Crippen LogP contribution in [0.15, 0.2) is 22.8 Å². The summed E-state index contributed by atoms with van der Waals surface area (Å²) in [4.78, 5) is 12.9. The molecular weight excluding hydrogens is 532 g/mol. The number of hydrogen-bond acceptors (Lipinski definition) is 6. The first kappa shape index (κ1) is 30.8. The molecule has 7 heteroatoms. The number of fused-ring (bicyclic) bond motifs is 7. The second kappa shape index (κ2) is 9.87. The van der Waals surface area contributed by atoms with Gasteiger partial charge < -0.3 is 29.9 Å². The van der Waals surface area contributed by atoms with Gasteiger partial charge in [0.25, 0.3) is 0 Å². The standard InChI is InChI=1S/C35H54O7/c1-19-10-15-35(30(39)40)17-16-33(6)21(26(35)20(19)2)8-9-24-32(5)13-12-25(31(3,4)23(32)11-14-34(24,33)7)42-29-28(38)27(37)22(36)18-41-29/h8,22-29,36-38H,9-18H2,1-7H3,(H,39,40)/t22-,23?,24+,25-,26-,27-,28+,29-,32-,33+,34+,35-/m0/s1. The van der Waals surface area contributed by atoms with Gasteiger partial charge in [0.15, 0.2) is 6.29 Å². The maximum atomic E-state index is 12.9. The minimum Gasteiger partial charge on any atom is -0.481 e. The average Bonchev–Trinajstić information content (AvgIpc) is 2.92. The van der Waals surface area contributed by atoms with Crippen LogP contribution in [0.4, 0.5) is 0 Å². The molecule has 6 rings (SSSR count). The molecule has 1 heterocycles. The van der Waals surface area contributed by atoms with Crippen molar-refractivity contribution in [3.63, 3.8) is 0 Å². The predicted octanol–water partition coefficient (Wildman–Crippen LogP) is 5.62. The fourth-order valence-electron chi connectivity index (χ4n) is 11.7. The van der Waals surface area contributed by atoms with Crippen molar-refractivity contribution in [3.05, 3.63) is 22.8 Å². The van der Waals surface area contributed by atoms with Crippen molar-refractivity contribution < 1.29 is 34.7 Å². The smallest absolute Gasteiger partial charge is 0.310 e. The summed E-state index contributed by atoms with van der Waals surface area (Å²) >= 11 is 0. The Morgan fingerprint density at radius 2 is 1.64 bits per heavy atom. The predicted molar refractivity (Wildman–Crippen MR) is 159 cm³/mol. The lowest BCUT2D eigenvalue weighted by Crippen LogP contribution is -2.65. The van der Waals surface area contributed by atoms with Gasteiger partial charge in [-0.15, -0.1) is 0 Å². The minimum atomic E-state index is -1.28. The first-order valence-corrected chi connectivity index (χ1v) is 16.5. The quantitative estimate of drug-likeness (QED) is 0.251. The molecule has 236 valence electrons. The number of aliphatic hydroxyl groups is 3. The zero-order valence-corrected chi connectivity index (χ0v) is 26.8. The van der Waals surface area contributed by atoms with Gasteiger partial charge in [0, 0.05) is 5.92 Å². The van der Waals surface area contributed by atoms with Crippen LogP contribution in [0.1, 0.15) is 106 Å². The Hall–Kier alpha value is -1.25. The minimum absolute atomic E-state index is 0.00201. The number of rotatable bonds is 3. The number of aliphatic carboxylic acids is 1. The van der Waals surface area contributed by atoms with Crippen LogP contribution in [0.5, 0.6) is 0 Å². The van der Waals surface area contributed by atoms with E-state index in [1.807, 2.05) is 0 Å². The van der Waals surface area contributed by atoms with Crippen LogP contribution in [0.2, 0.25) is 0 Å². The number of carboxylic acid groups (broad SMARTS) is 1. The largest absolute Gasteiger partial charge is 0.481 e. The molecular formula is C35H54O7. The van der Waals surface area contributed by atoms with Gasteiger partial charge in [-0.1, -0.05) is 57.4 Å². The van der Waals surface area contributed by atoms with Gasteiger partial charge in [-0.05, 0) is 105 Å². The summed E-state index contributed by atoms with van der Waals surface area (Å²) < 4.78 is 12.1. The third-order valence-corrected chi connectivity index (χ3v) is 14.6. The third kappa shape index (κ3) is 3.92. The van der Waals surface area contributed by atoms with E-state index in [0.29, 0.717) is 11.8 Å². The van der Waals surface area contributed by atoms with E-state index in [1.165, 1.54) is 16.7 Å². The van der Waals surface area contributed by atoms with Crippen molar-refractivity contribution >= 4 is 5.97 Å². The molecule has 1 saturated heterocycles. The summed E-state index contributed by atoms with van der Waals surface area (Å²) in [6, 6.07) is 0. The summed E-state index contributed by atoms with van der Waals surface area (Å²) in [5.74, 6) is 0.288. The summed E-state index contributed by atoms with van der Waals surface area (Å²) in [5.41, 5.74) is 3.36. The monoisotopic (exact) mass is 586 g/mol. The molecule has 12 atom stereocenters. The van der Waals surface area contributed by atoms with Crippen LogP contribution in [0.3, 0.4) is 0 Å². The van der Waals surface area contributed by atoms with Crippen LogP contribution in [0, 0.1) is 44.8 Å². The highest BCUT2D eigenvalue weighted by molar-refractivity contribution is 5.78. The molecule has 7 nitrogen and oxygen atoms in total. The molecule has 0 aromatic rings. The number of hydrogen-bond donors (Lipinski definition) is 4. The van der Waals surface area contributed by atoms with Crippen molar-refractivity contribution in [1.82, 2.24) is 0 Å². The van der Waals surface area contributed by atoms with Gasteiger partial charge >= 0.3 is 5.97 Å². The Balaban J connectivity index is 1.32. The molecule has 1 unspecified atom stereocenters.